The monoisotopic (exact) mass is 258 g/mol. The highest BCUT2D eigenvalue weighted by Gasteiger charge is 2.16. The Balaban J connectivity index is 0. The molecule has 0 aromatic heterocycles. The maximum Gasteiger partial charge on any atom is 0.00163 e. The Morgan fingerprint density at radius 3 is 1.33 bits per heavy atom. The lowest BCUT2D eigenvalue weighted by Crippen LogP contribution is -2.41. The molecule has 2 heteroatoms. The average Bonchev–Trinajstić information content (AvgIpc) is 2.33. The van der Waals surface area contributed by atoms with E-state index in [0.717, 1.165) is 11.8 Å². The SMILES string of the molecule is CC.CC.CC1CCCN(C)C1.CC1CN(C)C1. The van der Waals surface area contributed by atoms with Crippen molar-refractivity contribution in [2.75, 3.05) is 40.3 Å². The van der Waals surface area contributed by atoms with Gasteiger partial charge in [0.05, 0.1) is 0 Å². The van der Waals surface area contributed by atoms with Gasteiger partial charge in [-0.05, 0) is 45.3 Å². The zero-order chi connectivity index (χ0) is 14.6. The summed E-state index contributed by atoms with van der Waals surface area (Å²) in [4.78, 5) is 4.73. The van der Waals surface area contributed by atoms with Crippen molar-refractivity contribution >= 4 is 0 Å². The zero-order valence-electron chi connectivity index (χ0n) is 14.3. The van der Waals surface area contributed by atoms with Gasteiger partial charge in [0.15, 0.2) is 0 Å². The minimum atomic E-state index is 0.939. The second-order valence-corrected chi connectivity index (χ2v) is 5.34. The number of rotatable bonds is 0. The van der Waals surface area contributed by atoms with E-state index in [1.54, 1.807) is 0 Å². The summed E-state index contributed by atoms with van der Waals surface area (Å²) in [5.74, 6) is 1.91. The summed E-state index contributed by atoms with van der Waals surface area (Å²) in [6, 6.07) is 0. The molecule has 2 aliphatic rings. The van der Waals surface area contributed by atoms with Crippen LogP contribution in [0, 0.1) is 11.8 Å². The third kappa shape index (κ3) is 11.0. The lowest BCUT2D eigenvalue weighted by Gasteiger charge is -2.33. The molecule has 112 valence electrons. The van der Waals surface area contributed by atoms with Crippen molar-refractivity contribution in [2.45, 2.75) is 54.4 Å². The Labute approximate surface area is 117 Å². The van der Waals surface area contributed by atoms with E-state index in [4.69, 9.17) is 0 Å². The molecule has 0 saturated carbocycles. The van der Waals surface area contributed by atoms with Crippen LogP contribution in [-0.4, -0.2) is 50.1 Å². The Kier molecular flexibility index (Phi) is 15.0. The molecular formula is C16H38N2. The predicted octanol–water partition coefficient (Wildman–Crippen LogP) is 3.97. The summed E-state index contributed by atoms with van der Waals surface area (Å²) in [6.45, 7) is 17.8. The molecule has 2 heterocycles. The summed E-state index contributed by atoms with van der Waals surface area (Å²) >= 11 is 0. The van der Waals surface area contributed by atoms with Gasteiger partial charge in [-0.25, -0.2) is 0 Å². The zero-order valence-corrected chi connectivity index (χ0v) is 14.3. The molecule has 1 atom stereocenters. The van der Waals surface area contributed by atoms with Crippen molar-refractivity contribution in [3.05, 3.63) is 0 Å². The second-order valence-electron chi connectivity index (χ2n) is 5.34. The van der Waals surface area contributed by atoms with Crippen LogP contribution >= 0.6 is 0 Å². The molecule has 2 rings (SSSR count). The van der Waals surface area contributed by atoms with E-state index in [1.807, 2.05) is 27.7 Å². The first-order chi connectivity index (χ1) is 8.58. The van der Waals surface area contributed by atoms with Gasteiger partial charge in [0.2, 0.25) is 0 Å². The standard InChI is InChI=1S/C7H15N.C5H11N.2C2H6/c1-7-4-3-5-8(2)6-7;1-5-3-6(2)4-5;2*1-2/h7H,3-6H2,1-2H3;5H,3-4H2,1-2H3;2*1-2H3. The minimum absolute atomic E-state index is 0.939. The van der Waals surface area contributed by atoms with Gasteiger partial charge in [0.25, 0.3) is 0 Å². The Bertz CT molecular complexity index is 139. The lowest BCUT2D eigenvalue weighted by atomic mass is 10.0. The minimum Gasteiger partial charge on any atom is -0.306 e. The maximum absolute atomic E-state index is 2.41. The molecule has 0 aliphatic carbocycles. The van der Waals surface area contributed by atoms with Crippen molar-refractivity contribution in [3.8, 4) is 0 Å². The molecule has 18 heavy (non-hydrogen) atoms. The Hall–Kier alpha value is -0.0800. The first-order valence-corrected chi connectivity index (χ1v) is 7.95. The third-order valence-electron chi connectivity index (χ3n) is 3.11. The summed E-state index contributed by atoms with van der Waals surface area (Å²) in [5, 5.41) is 0. The van der Waals surface area contributed by atoms with Crippen molar-refractivity contribution in [2.24, 2.45) is 11.8 Å². The largest absolute Gasteiger partial charge is 0.306 e. The second kappa shape index (κ2) is 13.4. The van der Waals surface area contributed by atoms with Gasteiger partial charge < -0.3 is 9.80 Å². The highest BCUT2D eigenvalue weighted by Crippen LogP contribution is 2.12. The molecule has 2 aliphatic heterocycles. The topological polar surface area (TPSA) is 6.48 Å². The average molecular weight is 258 g/mol. The van der Waals surface area contributed by atoms with E-state index < -0.39 is 0 Å². The fraction of sp³-hybridized carbons (Fsp3) is 1.00. The highest BCUT2D eigenvalue weighted by atomic mass is 15.2. The normalized spacial score (nSPS) is 24.3. The molecule has 0 aromatic carbocycles. The summed E-state index contributed by atoms with van der Waals surface area (Å²) in [7, 11) is 4.36. The molecule has 0 radical (unpaired) electrons. The number of nitrogens with zero attached hydrogens (tertiary/aromatic N) is 2. The van der Waals surface area contributed by atoms with Gasteiger partial charge >= 0.3 is 0 Å². The van der Waals surface area contributed by atoms with E-state index in [0.29, 0.717) is 0 Å². The van der Waals surface area contributed by atoms with Gasteiger partial charge in [0, 0.05) is 19.6 Å². The lowest BCUT2D eigenvalue weighted by molar-refractivity contribution is 0.149. The van der Waals surface area contributed by atoms with Crippen LogP contribution in [0.25, 0.3) is 0 Å². The van der Waals surface area contributed by atoms with Gasteiger partial charge in [-0.3, -0.25) is 0 Å². The van der Waals surface area contributed by atoms with Crippen LogP contribution in [0.3, 0.4) is 0 Å². The third-order valence-corrected chi connectivity index (χ3v) is 3.11. The van der Waals surface area contributed by atoms with Crippen molar-refractivity contribution in [1.29, 1.82) is 0 Å². The predicted molar refractivity (Wildman–Crippen MR) is 85.3 cm³/mol. The summed E-state index contributed by atoms with van der Waals surface area (Å²) < 4.78 is 0. The van der Waals surface area contributed by atoms with Crippen LogP contribution in [0.5, 0.6) is 0 Å². The fourth-order valence-electron chi connectivity index (χ4n) is 2.43. The van der Waals surface area contributed by atoms with Crippen LogP contribution in [0.4, 0.5) is 0 Å². The molecule has 2 nitrogen and oxygen atoms in total. The van der Waals surface area contributed by atoms with Crippen LogP contribution in [-0.2, 0) is 0 Å². The fourth-order valence-corrected chi connectivity index (χ4v) is 2.43. The van der Waals surface area contributed by atoms with Gasteiger partial charge in [-0.2, -0.15) is 0 Å². The smallest absolute Gasteiger partial charge is 0.00163 e. The quantitative estimate of drug-likeness (QED) is 0.649. The molecule has 0 aromatic rings. The van der Waals surface area contributed by atoms with E-state index in [-0.39, 0.29) is 0 Å². The van der Waals surface area contributed by atoms with Gasteiger partial charge in [0.1, 0.15) is 0 Å². The van der Waals surface area contributed by atoms with E-state index in [1.165, 1.54) is 39.0 Å². The number of hydrogen-bond acceptors (Lipinski definition) is 2. The first kappa shape index (κ1) is 20.2. The molecule has 1 unspecified atom stereocenters. The highest BCUT2D eigenvalue weighted by molar-refractivity contribution is 4.71. The molecule has 0 N–H and O–H groups in total. The molecule has 0 spiro atoms. The summed E-state index contributed by atoms with van der Waals surface area (Å²) in [6.07, 6.45) is 2.84. The molecular weight excluding hydrogens is 220 g/mol. The number of likely N-dealkylation sites (tertiary alicyclic amines) is 2. The Morgan fingerprint density at radius 2 is 1.17 bits per heavy atom. The van der Waals surface area contributed by atoms with Crippen LogP contribution in [0.15, 0.2) is 0 Å². The van der Waals surface area contributed by atoms with E-state index in [2.05, 4.69) is 37.7 Å². The Morgan fingerprint density at radius 1 is 0.722 bits per heavy atom. The van der Waals surface area contributed by atoms with Crippen LogP contribution in [0.1, 0.15) is 54.4 Å². The van der Waals surface area contributed by atoms with Crippen molar-refractivity contribution in [3.63, 3.8) is 0 Å². The molecule has 2 fully saturated rings. The molecule has 2 saturated heterocycles. The van der Waals surface area contributed by atoms with Crippen LogP contribution < -0.4 is 0 Å². The maximum atomic E-state index is 2.41. The summed E-state index contributed by atoms with van der Waals surface area (Å²) in [5.41, 5.74) is 0. The molecule has 0 bridgehead atoms. The van der Waals surface area contributed by atoms with E-state index in [9.17, 15) is 0 Å². The number of piperidine rings is 1. The van der Waals surface area contributed by atoms with Gasteiger partial charge in [-0.1, -0.05) is 41.5 Å². The number of hydrogen-bond donors (Lipinski definition) is 0. The van der Waals surface area contributed by atoms with Crippen molar-refractivity contribution < 1.29 is 0 Å². The van der Waals surface area contributed by atoms with E-state index >= 15 is 0 Å². The van der Waals surface area contributed by atoms with Crippen LogP contribution in [0.2, 0.25) is 0 Å². The first-order valence-electron chi connectivity index (χ1n) is 7.95. The van der Waals surface area contributed by atoms with Gasteiger partial charge in [-0.15, -0.1) is 0 Å². The van der Waals surface area contributed by atoms with Crippen molar-refractivity contribution in [1.82, 2.24) is 9.80 Å². The molecule has 0 amide bonds.